The van der Waals surface area contributed by atoms with E-state index in [1.165, 1.54) is 18.2 Å². The summed E-state index contributed by atoms with van der Waals surface area (Å²) in [4.78, 5) is -0.747. The minimum absolute atomic E-state index is 0.154. The number of hydrogen-bond acceptors (Lipinski definition) is 3. The van der Waals surface area contributed by atoms with Crippen LogP contribution in [0.25, 0.3) is 0 Å². The summed E-state index contributed by atoms with van der Waals surface area (Å²) in [7, 11) is -4.26. The Hall–Kier alpha value is -1.38. The number of halogens is 4. The van der Waals surface area contributed by atoms with Crippen molar-refractivity contribution in [2.45, 2.75) is 4.90 Å². The van der Waals surface area contributed by atoms with Crippen molar-refractivity contribution < 1.29 is 17.2 Å². The number of nitrogens with two attached hydrogens (primary N) is 1. The van der Waals surface area contributed by atoms with Crippen molar-refractivity contribution in [1.29, 1.82) is 0 Å². The van der Waals surface area contributed by atoms with Gasteiger partial charge in [-0.25, -0.2) is 17.2 Å². The number of benzene rings is 2. The molecule has 0 unspecified atom stereocenters. The molecule has 9 heteroatoms. The highest BCUT2D eigenvalue weighted by Crippen LogP contribution is 2.29. The molecule has 0 spiro atoms. The van der Waals surface area contributed by atoms with E-state index in [1.807, 2.05) is 0 Å². The van der Waals surface area contributed by atoms with Gasteiger partial charge in [0.25, 0.3) is 10.0 Å². The maximum absolute atomic E-state index is 13.6. The third-order valence-electron chi connectivity index (χ3n) is 2.52. The molecule has 0 aromatic heterocycles. The minimum Gasteiger partial charge on any atom is -0.396 e. The fraction of sp³-hybridized carbons (Fsp3) is 0. The quantitative estimate of drug-likeness (QED) is 0.775. The second-order valence-corrected chi connectivity index (χ2v) is 6.98. The zero-order valence-electron chi connectivity index (χ0n) is 10.2. The summed E-state index contributed by atoms with van der Waals surface area (Å²) in [5, 5.41) is 0.391. The third-order valence-corrected chi connectivity index (χ3v) is 4.79. The summed E-state index contributed by atoms with van der Waals surface area (Å²) in [6.45, 7) is 0. The number of sulfonamides is 1. The van der Waals surface area contributed by atoms with Crippen molar-refractivity contribution in [2.24, 2.45) is 0 Å². The van der Waals surface area contributed by atoms with E-state index in [1.54, 1.807) is 0 Å². The summed E-state index contributed by atoms with van der Waals surface area (Å²) in [5.41, 5.74) is 4.96. The number of anilines is 2. The molecule has 4 nitrogen and oxygen atoms in total. The predicted molar refractivity (Wildman–Crippen MR) is 80.7 cm³/mol. The molecule has 2 rings (SSSR count). The summed E-state index contributed by atoms with van der Waals surface area (Å²) in [5.74, 6) is -2.27. The fourth-order valence-corrected chi connectivity index (χ4v) is 3.61. The van der Waals surface area contributed by atoms with E-state index in [-0.39, 0.29) is 5.69 Å². The molecule has 0 saturated carbocycles. The summed E-state index contributed by atoms with van der Waals surface area (Å²) in [6.07, 6.45) is 0. The molecule has 3 N–H and O–H groups in total. The molecule has 112 valence electrons. The minimum atomic E-state index is -4.26. The van der Waals surface area contributed by atoms with Gasteiger partial charge >= 0.3 is 0 Å². The standard InChI is InChI=1S/C12H8BrClF2N2O2S/c13-7-3-6(14)1-2-11(7)18-21(19,20)12-5-10(17)8(15)4-9(12)16/h1-5,18H,17H2. The Kier molecular flexibility index (Phi) is 4.40. The highest BCUT2D eigenvalue weighted by molar-refractivity contribution is 9.10. The normalized spacial score (nSPS) is 11.4. The molecule has 0 heterocycles. The van der Waals surface area contributed by atoms with Gasteiger partial charge in [-0.1, -0.05) is 11.6 Å². The van der Waals surface area contributed by atoms with Gasteiger partial charge in [-0.2, -0.15) is 0 Å². The van der Waals surface area contributed by atoms with E-state index >= 15 is 0 Å². The third kappa shape index (κ3) is 3.45. The lowest BCUT2D eigenvalue weighted by molar-refractivity contribution is 0.553. The van der Waals surface area contributed by atoms with Crippen molar-refractivity contribution >= 4 is 48.9 Å². The molecule has 0 bridgehead atoms. The van der Waals surface area contributed by atoms with E-state index in [0.29, 0.717) is 15.6 Å². The van der Waals surface area contributed by atoms with Crippen molar-refractivity contribution in [3.05, 3.63) is 51.5 Å². The van der Waals surface area contributed by atoms with Crippen LogP contribution in [-0.4, -0.2) is 8.42 Å². The van der Waals surface area contributed by atoms with E-state index in [0.717, 1.165) is 6.07 Å². The van der Waals surface area contributed by atoms with Crippen LogP contribution in [0.2, 0.25) is 5.02 Å². The highest BCUT2D eigenvalue weighted by Gasteiger charge is 2.22. The van der Waals surface area contributed by atoms with Gasteiger partial charge in [0.15, 0.2) is 0 Å². The van der Waals surface area contributed by atoms with Gasteiger partial charge < -0.3 is 5.73 Å². The molecule has 2 aromatic rings. The van der Waals surface area contributed by atoms with Crippen LogP contribution in [0.5, 0.6) is 0 Å². The van der Waals surface area contributed by atoms with Crippen LogP contribution in [-0.2, 0) is 10.0 Å². The Labute approximate surface area is 133 Å². The number of hydrogen-bond donors (Lipinski definition) is 2. The lowest BCUT2D eigenvalue weighted by Crippen LogP contribution is -2.15. The molecule has 0 aliphatic heterocycles. The molecule has 0 radical (unpaired) electrons. The second-order valence-electron chi connectivity index (χ2n) is 4.03. The van der Waals surface area contributed by atoms with E-state index in [9.17, 15) is 17.2 Å². The highest BCUT2D eigenvalue weighted by atomic mass is 79.9. The van der Waals surface area contributed by atoms with Gasteiger partial charge in [0.05, 0.1) is 11.4 Å². The van der Waals surface area contributed by atoms with Gasteiger partial charge in [0.1, 0.15) is 16.5 Å². The maximum atomic E-state index is 13.6. The Bertz CT molecular complexity index is 815. The topological polar surface area (TPSA) is 72.2 Å². The molecule has 0 aliphatic rings. The Morgan fingerprint density at radius 2 is 1.81 bits per heavy atom. The summed E-state index contributed by atoms with van der Waals surface area (Å²) in [6, 6.07) is 5.46. The van der Waals surface area contributed by atoms with Crippen LogP contribution in [0, 0.1) is 11.6 Å². The Morgan fingerprint density at radius 3 is 2.43 bits per heavy atom. The van der Waals surface area contributed by atoms with Crippen LogP contribution in [0.3, 0.4) is 0 Å². The Balaban J connectivity index is 2.46. The molecular weight excluding hydrogens is 390 g/mol. The molecule has 0 amide bonds. The smallest absolute Gasteiger partial charge is 0.264 e. The lowest BCUT2D eigenvalue weighted by atomic mass is 10.3. The van der Waals surface area contributed by atoms with Crippen LogP contribution in [0.4, 0.5) is 20.2 Å². The number of nitrogens with one attached hydrogen (secondary N) is 1. The molecule has 2 aromatic carbocycles. The van der Waals surface area contributed by atoms with Gasteiger partial charge in [0, 0.05) is 15.6 Å². The van der Waals surface area contributed by atoms with Crippen LogP contribution in [0.1, 0.15) is 0 Å². The molecular formula is C12H8BrClF2N2O2S. The lowest BCUT2D eigenvalue weighted by Gasteiger charge is -2.11. The van der Waals surface area contributed by atoms with Crippen molar-refractivity contribution in [1.82, 2.24) is 0 Å². The van der Waals surface area contributed by atoms with Gasteiger partial charge in [-0.15, -0.1) is 0 Å². The fourth-order valence-electron chi connectivity index (χ4n) is 1.52. The van der Waals surface area contributed by atoms with Crippen molar-refractivity contribution in [2.75, 3.05) is 10.5 Å². The molecule has 0 atom stereocenters. The van der Waals surface area contributed by atoms with Crippen LogP contribution in [0.15, 0.2) is 39.7 Å². The predicted octanol–water partition coefficient (Wildman–Crippen LogP) is 3.76. The number of nitrogen functional groups attached to an aromatic ring is 1. The van der Waals surface area contributed by atoms with Crippen LogP contribution >= 0.6 is 27.5 Å². The SMILES string of the molecule is Nc1cc(S(=O)(=O)Nc2ccc(Cl)cc2Br)c(F)cc1F. The zero-order valence-corrected chi connectivity index (χ0v) is 13.4. The van der Waals surface area contributed by atoms with E-state index in [2.05, 4.69) is 20.7 Å². The van der Waals surface area contributed by atoms with Crippen molar-refractivity contribution in [3.8, 4) is 0 Å². The summed E-state index contributed by atoms with van der Waals surface area (Å²) >= 11 is 8.87. The molecule has 21 heavy (non-hydrogen) atoms. The van der Waals surface area contributed by atoms with Gasteiger partial charge in [-0.05, 0) is 40.2 Å². The largest absolute Gasteiger partial charge is 0.396 e. The second kappa shape index (κ2) is 5.78. The average Bonchev–Trinajstić information content (AvgIpc) is 2.37. The monoisotopic (exact) mass is 396 g/mol. The Morgan fingerprint density at radius 1 is 1.14 bits per heavy atom. The van der Waals surface area contributed by atoms with Crippen LogP contribution < -0.4 is 10.5 Å². The average molecular weight is 398 g/mol. The molecule has 0 saturated heterocycles. The van der Waals surface area contributed by atoms with Crippen molar-refractivity contribution in [3.63, 3.8) is 0 Å². The zero-order chi connectivity index (χ0) is 15.8. The van der Waals surface area contributed by atoms with Gasteiger partial charge in [0.2, 0.25) is 0 Å². The van der Waals surface area contributed by atoms with E-state index in [4.69, 9.17) is 17.3 Å². The maximum Gasteiger partial charge on any atom is 0.264 e. The molecule has 0 fully saturated rings. The summed E-state index contributed by atoms with van der Waals surface area (Å²) < 4.78 is 53.5. The number of rotatable bonds is 3. The first-order valence-corrected chi connectivity index (χ1v) is 8.08. The van der Waals surface area contributed by atoms with Gasteiger partial charge in [-0.3, -0.25) is 4.72 Å². The molecule has 0 aliphatic carbocycles. The first-order valence-electron chi connectivity index (χ1n) is 5.43. The first kappa shape index (κ1) is 16.0. The van der Waals surface area contributed by atoms with E-state index < -0.39 is 32.2 Å². The first-order chi connectivity index (χ1) is 9.70.